The SMILES string of the molecule is Cc1ccc2c(C)nn(C(=O)OC(C)(C)C)c2c1. The molecule has 0 spiro atoms. The first kappa shape index (κ1) is 12.6. The van der Waals surface area contributed by atoms with Crippen molar-refractivity contribution in [2.75, 3.05) is 0 Å². The van der Waals surface area contributed by atoms with Gasteiger partial charge in [-0.15, -0.1) is 0 Å². The van der Waals surface area contributed by atoms with E-state index in [0.29, 0.717) is 0 Å². The van der Waals surface area contributed by atoms with Crippen LogP contribution in [0.2, 0.25) is 0 Å². The lowest BCUT2D eigenvalue weighted by Crippen LogP contribution is -2.27. The molecule has 4 nitrogen and oxygen atoms in total. The van der Waals surface area contributed by atoms with Crippen LogP contribution >= 0.6 is 0 Å². The average Bonchev–Trinajstić information content (AvgIpc) is 2.53. The molecule has 2 rings (SSSR count). The summed E-state index contributed by atoms with van der Waals surface area (Å²) in [7, 11) is 0. The number of rotatable bonds is 0. The number of carbonyl (C=O) groups excluding carboxylic acids is 1. The predicted molar refractivity (Wildman–Crippen MR) is 70.8 cm³/mol. The number of hydrogen-bond acceptors (Lipinski definition) is 3. The maximum Gasteiger partial charge on any atom is 0.435 e. The van der Waals surface area contributed by atoms with Gasteiger partial charge in [-0.05, 0) is 46.2 Å². The quantitative estimate of drug-likeness (QED) is 0.715. The molecule has 0 saturated heterocycles. The van der Waals surface area contributed by atoms with Gasteiger partial charge in [-0.1, -0.05) is 12.1 Å². The zero-order valence-electron chi connectivity index (χ0n) is 11.4. The van der Waals surface area contributed by atoms with Crippen molar-refractivity contribution in [2.24, 2.45) is 0 Å². The van der Waals surface area contributed by atoms with Gasteiger partial charge in [0.1, 0.15) is 5.60 Å². The molecular formula is C14H18N2O2. The molecule has 0 radical (unpaired) electrons. The maximum atomic E-state index is 12.1. The number of hydrogen-bond donors (Lipinski definition) is 0. The van der Waals surface area contributed by atoms with E-state index >= 15 is 0 Å². The Morgan fingerprint density at radius 3 is 2.56 bits per heavy atom. The van der Waals surface area contributed by atoms with Crippen LogP contribution in [0.1, 0.15) is 32.0 Å². The molecule has 1 heterocycles. The second kappa shape index (κ2) is 4.12. The smallest absolute Gasteiger partial charge is 0.435 e. The van der Waals surface area contributed by atoms with Crippen molar-refractivity contribution in [1.82, 2.24) is 9.78 Å². The first-order chi connectivity index (χ1) is 8.28. The van der Waals surface area contributed by atoms with Crippen LogP contribution in [0.4, 0.5) is 4.79 Å². The highest BCUT2D eigenvalue weighted by Gasteiger charge is 2.21. The van der Waals surface area contributed by atoms with Crippen molar-refractivity contribution in [3.8, 4) is 0 Å². The number of aryl methyl sites for hydroxylation is 2. The summed E-state index contributed by atoms with van der Waals surface area (Å²) in [6.07, 6.45) is -0.439. The second-order valence-electron chi connectivity index (χ2n) is 5.50. The summed E-state index contributed by atoms with van der Waals surface area (Å²) in [5.74, 6) is 0. The fraction of sp³-hybridized carbons (Fsp3) is 0.429. The summed E-state index contributed by atoms with van der Waals surface area (Å²) in [6.45, 7) is 9.40. The molecule has 96 valence electrons. The molecule has 0 aliphatic heterocycles. The Labute approximate surface area is 107 Å². The van der Waals surface area contributed by atoms with Gasteiger partial charge in [0, 0.05) is 5.39 Å². The topological polar surface area (TPSA) is 44.1 Å². The van der Waals surface area contributed by atoms with Crippen LogP contribution in [-0.2, 0) is 4.74 Å². The first-order valence-corrected chi connectivity index (χ1v) is 5.97. The Morgan fingerprint density at radius 2 is 1.94 bits per heavy atom. The first-order valence-electron chi connectivity index (χ1n) is 5.97. The van der Waals surface area contributed by atoms with Crippen LogP contribution in [0.25, 0.3) is 10.9 Å². The highest BCUT2D eigenvalue weighted by atomic mass is 16.6. The molecule has 1 aromatic heterocycles. The Hall–Kier alpha value is -1.84. The van der Waals surface area contributed by atoms with E-state index in [2.05, 4.69) is 5.10 Å². The lowest BCUT2D eigenvalue weighted by Gasteiger charge is -2.19. The predicted octanol–water partition coefficient (Wildman–Crippen LogP) is 3.44. The largest absolute Gasteiger partial charge is 0.442 e. The number of aromatic nitrogens is 2. The molecule has 4 heteroatoms. The Balaban J connectivity index is 2.51. The molecule has 0 fully saturated rings. The molecule has 0 atom stereocenters. The number of benzene rings is 1. The molecule has 1 aromatic carbocycles. The monoisotopic (exact) mass is 246 g/mol. The van der Waals surface area contributed by atoms with Crippen LogP contribution < -0.4 is 0 Å². The summed E-state index contributed by atoms with van der Waals surface area (Å²) in [5, 5.41) is 5.24. The standard InChI is InChI=1S/C14H18N2O2/c1-9-6-7-11-10(2)15-16(12(11)8-9)13(17)18-14(3,4)5/h6-8H,1-5H3. The molecule has 0 amide bonds. The number of ether oxygens (including phenoxy) is 1. The van der Waals surface area contributed by atoms with Gasteiger partial charge in [0.15, 0.2) is 0 Å². The molecule has 0 unspecified atom stereocenters. The van der Waals surface area contributed by atoms with Gasteiger partial charge in [-0.3, -0.25) is 0 Å². The highest BCUT2D eigenvalue weighted by Crippen LogP contribution is 2.20. The minimum Gasteiger partial charge on any atom is -0.442 e. The normalized spacial score (nSPS) is 11.8. The van der Waals surface area contributed by atoms with Gasteiger partial charge in [-0.2, -0.15) is 9.78 Å². The van der Waals surface area contributed by atoms with E-state index in [9.17, 15) is 4.79 Å². The van der Waals surface area contributed by atoms with Crippen LogP contribution in [0.3, 0.4) is 0 Å². The van der Waals surface area contributed by atoms with E-state index in [4.69, 9.17) is 4.74 Å². The fourth-order valence-electron chi connectivity index (χ4n) is 1.82. The molecule has 0 saturated carbocycles. The number of carbonyl (C=O) groups is 1. The molecule has 18 heavy (non-hydrogen) atoms. The Bertz CT molecular complexity index is 606. The fourth-order valence-corrected chi connectivity index (χ4v) is 1.82. The average molecular weight is 246 g/mol. The highest BCUT2D eigenvalue weighted by molar-refractivity contribution is 5.90. The van der Waals surface area contributed by atoms with Crippen LogP contribution in [0.15, 0.2) is 18.2 Å². The van der Waals surface area contributed by atoms with Crippen molar-refractivity contribution in [3.05, 3.63) is 29.5 Å². The van der Waals surface area contributed by atoms with Gasteiger partial charge in [-0.25, -0.2) is 4.79 Å². The molecule has 0 N–H and O–H groups in total. The van der Waals surface area contributed by atoms with E-state index < -0.39 is 11.7 Å². The molecule has 0 bridgehead atoms. The van der Waals surface area contributed by atoms with Gasteiger partial charge in [0.25, 0.3) is 0 Å². The Morgan fingerprint density at radius 1 is 1.28 bits per heavy atom. The third-order valence-corrected chi connectivity index (χ3v) is 2.59. The van der Waals surface area contributed by atoms with Crippen LogP contribution in [-0.4, -0.2) is 21.5 Å². The molecule has 2 aromatic rings. The van der Waals surface area contributed by atoms with Crippen molar-refractivity contribution < 1.29 is 9.53 Å². The summed E-state index contributed by atoms with van der Waals surface area (Å²) < 4.78 is 6.68. The summed E-state index contributed by atoms with van der Waals surface area (Å²) in [4.78, 5) is 12.1. The van der Waals surface area contributed by atoms with Crippen LogP contribution in [0, 0.1) is 13.8 Å². The van der Waals surface area contributed by atoms with Crippen molar-refractivity contribution in [3.63, 3.8) is 0 Å². The van der Waals surface area contributed by atoms with E-state index in [-0.39, 0.29) is 0 Å². The maximum absolute atomic E-state index is 12.1. The summed E-state index contributed by atoms with van der Waals surface area (Å²) in [6, 6.07) is 5.93. The van der Waals surface area contributed by atoms with E-state index in [0.717, 1.165) is 22.2 Å². The van der Waals surface area contributed by atoms with Gasteiger partial charge >= 0.3 is 6.09 Å². The number of fused-ring (bicyclic) bond motifs is 1. The second-order valence-corrected chi connectivity index (χ2v) is 5.50. The zero-order valence-corrected chi connectivity index (χ0v) is 11.4. The van der Waals surface area contributed by atoms with Gasteiger partial charge in [0.2, 0.25) is 0 Å². The molecular weight excluding hydrogens is 228 g/mol. The van der Waals surface area contributed by atoms with Gasteiger partial charge in [0.05, 0.1) is 11.2 Å². The molecule has 0 aliphatic rings. The van der Waals surface area contributed by atoms with Crippen LogP contribution in [0.5, 0.6) is 0 Å². The van der Waals surface area contributed by atoms with E-state index in [1.54, 1.807) is 0 Å². The van der Waals surface area contributed by atoms with E-state index in [1.807, 2.05) is 52.8 Å². The zero-order chi connectivity index (χ0) is 13.5. The van der Waals surface area contributed by atoms with E-state index in [1.165, 1.54) is 4.68 Å². The lowest BCUT2D eigenvalue weighted by atomic mass is 10.1. The molecule has 0 aliphatic carbocycles. The lowest BCUT2D eigenvalue weighted by molar-refractivity contribution is 0.0522. The third kappa shape index (κ3) is 2.37. The Kier molecular flexibility index (Phi) is 2.89. The summed E-state index contributed by atoms with van der Waals surface area (Å²) in [5.41, 5.74) is 2.19. The minimum absolute atomic E-state index is 0.439. The summed E-state index contributed by atoms with van der Waals surface area (Å²) >= 11 is 0. The van der Waals surface area contributed by atoms with Gasteiger partial charge < -0.3 is 4.74 Å². The van der Waals surface area contributed by atoms with Crippen molar-refractivity contribution in [2.45, 2.75) is 40.2 Å². The number of nitrogens with zero attached hydrogens (tertiary/aromatic N) is 2. The van der Waals surface area contributed by atoms with Crippen molar-refractivity contribution >= 4 is 17.0 Å². The van der Waals surface area contributed by atoms with Crippen molar-refractivity contribution in [1.29, 1.82) is 0 Å². The minimum atomic E-state index is -0.521. The third-order valence-electron chi connectivity index (χ3n) is 2.59.